The number of hydrogen-bond acceptors (Lipinski definition) is 3. The number of hydrogen-bond donors (Lipinski definition) is 1. The van der Waals surface area contributed by atoms with E-state index in [0.29, 0.717) is 6.54 Å². The number of ether oxygens (including phenoxy) is 1. The molecule has 1 aromatic rings. The molecule has 16 heavy (non-hydrogen) atoms. The van der Waals surface area contributed by atoms with Gasteiger partial charge in [-0.3, -0.25) is 4.79 Å². The molecule has 0 aliphatic carbocycles. The van der Waals surface area contributed by atoms with E-state index in [1.165, 1.54) is 0 Å². The van der Waals surface area contributed by atoms with Gasteiger partial charge < -0.3 is 15.0 Å². The predicted octanol–water partition coefficient (Wildman–Crippen LogP) is 1.02. The molecule has 4 heteroatoms. The lowest BCUT2D eigenvalue weighted by Gasteiger charge is -2.32. The van der Waals surface area contributed by atoms with Gasteiger partial charge in [-0.2, -0.15) is 0 Å². The van der Waals surface area contributed by atoms with Gasteiger partial charge in [0.05, 0.1) is 5.69 Å². The zero-order valence-corrected chi connectivity index (χ0v) is 9.56. The first kappa shape index (κ1) is 11.0. The van der Waals surface area contributed by atoms with Gasteiger partial charge in [-0.1, -0.05) is 12.1 Å². The summed E-state index contributed by atoms with van der Waals surface area (Å²) < 4.78 is 5.54. The summed E-state index contributed by atoms with van der Waals surface area (Å²) in [6, 6.07) is 7.63. The van der Waals surface area contributed by atoms with E-state index in [1.807, 2.05) is 31.3 Å². The van der Waals surface area contributed by atoms with Crippen LogP contribution in [0.3, 0.4) is 0 Å². The van der Waals surface area contributed by atoms with Gasteiger partial charge in [0.2, 0.25) is 0 Å². The average molecular weight is 220 g/mol. The van der Waals surface area contributed by atoms with E-state index in [-0.39, 0.29) is 5.91 Å². The number of likely N-dealkylation sites (N-methyl/N-ethyl adjacent to an activating group) is 1. The van der Waals surface area contributed by atoms with Crippen molar-refractivity contribution in [1.82, 2.24) is 5.32 Å². The van der Waals surface area contributed by atoms with Crippen LogP contribution in [-0.2, 0) is 4.79 Å². The van der Waals surface area contributed by atoms with Crippen molar-refractivity contribution in [2.75, 3.05) is 25.0 Å². The van der Waals surface area contributed by atoms with Crippen LogP contribution in [0.2, 0.25) is 0 Å². The number of rotatable bonds is 3. The molecule has 2 rings (SSSR count). The van der Waals surface area contributed by atoms with Crippen molar-refractivity contribution in [1.29, 1.82) is 0 Å². The molecule has 0 saturated carbocycles. The first-order valence-corrected chi connectivity index (χ1v) is 5.45. The second-order valence-electron chi connectivity index (χ2n) is 3.82. The summed E-state index contributed by atoms with van der Waals surface area (Å²) in [6.07, 6.45) is -0.397. The highest BCUT2D eigenvalue weighted by molar-refractivity contribution is 5.99. The maximum atomic E-state index is 12.0. The number of carbonyl (C=O) groups is 1. The van der Waals surface area contributed by atoms with Crippen molar-refractivity contribution >= 4 is 11.6 Å². The molecular formula is C12H16N2O2. The monoisotopic (exact) mass is 220 g/mol. The van der Waals surface area contributed by atoms with E-state index in [0.717, 1.165) is 18.0 Å². The van der Waals surface area contributed by atoms with Crippen LogP contribution in [-0.4, -0.2) is 32.1 Å². The van der Waals surface area contributed by atoms with E-state index in [1.54, 1.807) is 11.8 Å². The van der Waals surface area contributed by atoms with Gasteiger partial charge in [-0.25, -0.2) is 0 Å². The Bertz CT molecular complexity index is 392. The second-order valence-corrected chi connectivity index (χ2v) is 3.82. The van der Waals surface area contributed by atoms with Crippen LogP contribution in [0.15, 0.2) is 24.3 Å². The average Bonchev–Trinajstić information content (AvgIpc) is 2.30. The van der Waals surface area contributed by atoms with Crippen LogP contribution in [0.25, 0.3) is 0 Å². The summed E-state index contributed by atoms with van der Waals surface area (Å²) in [7, 11) is 1.88. The van der Waals surface area contributed by atoms with Crippen molar-refractivity contribution in [3.8, 4) is 5.75 Å². The zero-order chi connectivity index (χ0) is 11.5. The van der Waals surface area contributed by atoms with Crippen molar-refractivity contribution in [3.63, 3.8) is 0 Å². The molecule has 0 bridgehead atoms. The number of carbonyl (C=O) groups excluding carboxylic acids is 1. The fraction of sp³-hybridized carbons (Fsp3) is 0.417. The molecule has 1 atom stereocenters. The standard InChI is InChI=1S/C12H16N2O2/c1-9-12(15)14(8-7-13-2)10-5-3-4-6-11(10)16-9/h3-6,9,13H,7-8H2,1-2H3. The van der Waals surface area contributed by atoms with Gasteiger partial charge in [-0.15, -0.1) is 0 Å². The van der Waals surface area contributed by atoms with E-state index in [2.05, 4.69) is 5.32 Å². The Morgan fingerprint density at radius 3 is 2.94 bits per heavy atom. The molecule has 0 radical (unpaired) electrons. The molecule has 1 aliphatic rings. The molecule has 0 aromatic heterocycles. The molecule has 1 aromatic carbocycles. The minimum absolute atomic E-state index is 0.0222. The second kappa shape index (κ2) is 4.53. The fourth-order valence-corrected chi connectivity index (χ4v) is 1.81. The lowest BCUT2D eigenvalue weighted by atomic mass is 10.2. The third-order valence-electron chi connectivity index (χ3n) is 2.66. The molecule has 4 nitrogen and oxygen atoms in total. The Labute approximate surface area is 95.2 Å². The summed E-state index contributed by atoms with van der Waals surface area (Å²) >= 11 is 0. The summed E-state index contributed by atoms with van der Waals surface area (Å²) in [5, 5.41) is 3.05. The summed E-state index contributed by atoms with van der Waals surface area (Å²) in [6.45, 7) is 3.22. The van der Waals surface area contributed by atoms with E-state index in [9.17, 15) is 4.79 Å². The summed E-state index contributed by atoms with van der Waals surface area (Å²) in [4.78, 5) is 13.7. The third kappa shape index (κ3) is 1.88. The normalized spacial score (nSPS) is 19.2. The number of nitrogens with one attached hydrogen (secondary N) is 1. The molecule has 0 spiro atoms. The van der Waals surface area contributed by atoms with Crippen LogP contribution in [0.4, 0.5) is 5.69 Å². The lowest BCUT2D eigenvalue weighted by molar-refractivity contribution is -0.125. The largest absolute Gasteiger partial charge is 0.479 e. The van der Waals surface area contributed by atoms with Crippen molar-refractivity contribution in [3.05, 3.63) is 24.3 Å². The van der Waals surface area contributed by atoms with Gasteiger partial charge in [0, 0.05) is 13.1 Å². The van der Waals surface area contributed by atoms with Gasteiger partial charge in [0.25, 0.3) is 5.91 Å². The molecule has 0 saturated heterocycles. The molecule has 1 aliphatic heterocycles. The minimum Gasteiger partial charge on any atom is -0.479 e. The first-order chi connectivity index (χ1) is 7.74. The van der Waals surface area contributed by atoms with Crippen molar-refractivity contribution in [2.45, 2.75) is 13.0 Å². The number of amides is 1. The minimum atomic E-state index is -0.397. The van der Waals surface area contributed by atoms with Crippen LogP contribution >= 0.6 is 0 Å². The molecule has 1 unspecified atom stereocenters. The quantitative estimate of drug-likeness (QED) is 0.827. The topological polar surface area (TPSA) is 41.6 Å². The van der Waals surface area contributed by atoms with Gasteiger partial charge in [0.15, 0.2) is 6.10 Å². The van der Waals surface area contributed by atoms with Crippen molar-refractivity contribution in [2.24, 2.45) is 0 Å². The Balaban J connectivity index is 2.30. The number of nitrogens with zero attached hydrogens (tertiary/aromatic N) is 1. The van der Waals surface area contributed by atoms with Crippen LogP contribution < -0.4 is 15.0 Å². The molecule has 1 N–H and O–H groups in total. The highest BCUT2D eigenvalue weighted by atomic mass is 16.5. The highest BCUT2D eigenvalue weighted by Crippen LogP contribution is 2.33. The third-order valence-corrected chi connectivity index (χ3v) is 2.66. The van der Waals surface area contributed by atoms with Crippen LogP contribution in [0, 0.1) is 0 Å². The maximum absolute atomic E-state index is 12.0. The van der Waals surface area contributed by atoms with Gasteiger partial charge >= 0.3 is 0 Å². The lowest BCUT2D eigenvalue weighted by Crippen LogP contribution is -2.46. The summed E-state index contributed by atoms with van der Waals surface area (Å²) in [5.41, 5.74) is 0.862. The Morgan fingerprint density at radius 1 is 1.44 bits per heavy atom. The SMILES string of the molecule is CNCCN1C(=O)C(C)Oc2ccccc21. The number of para-hydroxylation sites is 2. The summed E-state index contributed by atoms with van der Waals surface area (Å²) in [5.74, 6) is 0.805. The fourth-order valence-electron chi connectivity index (χ4n) is 1.81. The molecule has 1 heterocycles. The van der Waals surface area contributed by atoms with Crippen LogP contribution in [0.1, 0.15) is 6.92 Å². The highest BCUT2D eigenvalue weighted by Gasteiger charge is 2.30. The van der Waals surface area contributed by atoms with Gasteiger partial charge in [0.1, 0.15) is 5.75 Å². The Kier molecular flexibility index (Phi) is 3.10. The predicted molar refractivity (Wildman–Crippen MR) is 62.8 cm³/mol. The first-order valence-electron chi connectivity index (χ1n) is 5.45. The van der Waals surface area contributed by atoms with E-state index >= 15 is 0 Å². The number of anilines is 1. The van der Waals surface area contributed by atoms with Gasteiger partial charge in [-0.05, 0) is 26.1 Å². The van der Waals surface area contributed by atoms with Crippen LogP contribution in [0.5, 0.6) is 5.75 Å². The van der Waals surface area contributed by atoms with E-state index < -0.39 is 6.10 Å². The molecule has 0 fully saturated rings. The number of benzene rings is 1. The maximum Gasteiger partial charge on any atom is 0.267 e. The molecule has 86 valence electrons. The van der Waals surface area contributed by atoms with E-state index in [4.69, 9.17) is 4.74 Å². The molecule has 1 amide bonds. The number of fused-ring (bicyclic) bond motifs is 1. The molecular weight excluding hydrogens is 204 g/mol. The zero-order valence-electron chi connectivity index (χ0n) is 9.56. The Hall–Kier alpha value is -1.55. The Morgan fingerprint density at radius 2 is 2.19 bits per heavy atom. The smallest absolute Gasteiger partial charge is 0.267 e. The van der Waals surface area contributed by atoms with Crippen molar-refractivity contribution < 1.29 is 9.53 Å².